The van der Waals surface area contributed by atoms with Gasteiger partial charge in [-0.15, -0.1) is 0 Å². The first kappa shape index (κ1) is 14.9. The van der Waals surface area contributed by atoms with Crippen LogP contribution in [-0.2, 0) is 11.8 Å². The standard InChI is InChI=1S/C17H19BrO2/c1-19-16-11-5-10-15(13-18)17(16)20-12-6-9-14-7-3-2-4-8-14/h2-5,7-8,10-11H,6,9,12-13H2,1H3. The molecule has 0 aliphatic rings. The second-order valence-electron chi connectivity index (χ2n) is 4.52. The number of para-hydroxylation sites is 1. The van der Waals surface area contributed by atoms with Crippen molar-refractivity contribution in [2.45, 2.75) is 18.2 Å². The summed E-state index contributed by atoms with van der Waals surface area (Å²) in [5.41, 5.74) is 2.46. The van der Waals surface area contributed by atoms with Crippen molar-refractivity contribution in [2.75, 3.05) is 13.7 Å². The van der Waals surface area contributed by atoms with Crippen LogP contribution >= 0.6 is 15.9 Å². The van der Waals surface area contributed by atoms with Gasteiger partial charge in [0.25, 0.3) is 0 Å². The molecule has 0 bridgehead atoms. The Morgan fingerprint density at radius 1 is 1.00 bits per heavy atom. The Kier molecular flexibility index (Phi) is 5.93. The van der Waals surface area contributed by atoms with Gasteiger partial charge < -0.3 is 9.47 Å². The van der Waals surface area contributed by atoms with Crippen LogP contribution in [0.15, 0.2) is 48.5 Å². The van der Waals surface area contributed by atoms with E-state index in [4.69, 9.17) is 9.47 Å². The van der Waals surface area contributed by atoms with E-state index >= 15 is 0 Å². The van der Waals surface area contributed by atoms with Crippen molar-refractivity contribution in [3.05, 3.63) is 59.7 Å². The molecule has 106 valence electrons. The third-order valence-corrected chi connectivity index (χ3v) is 3.73. The molecule has 0 spiro atoms. The molecular formula is C17H19BrO2. The molecule has 2 aromatic carbocycles. The normalized spacial score (nSPS) is 10.3. The van der Waals surface area contributed by atoms with Crippen LogP contribution in [0.2, 0.25) is 0 Å². The molecule has 0 saturated carbocycles. The average molecular weight is 335 g/mol. The summed E-state index contributed by atoms with van der Waals surface area (Å²) in [6, 6.07) is 16.4. The molecule has 0 atom stereocenters. The number of methoxy groups -OCH3 is 1. The van der Waals surface area contributed by atoms with E-state index in [9.17, 15) is 0 Å². The van der Waals surface area contributed by atoms with E-state index < -0.39 is 0 Å². The van der Waals surface area contributed by atoms with Crippen molar-refractivity contribution < 1.29 is 9.47 Å². The number of benzene rings is 2. The van der Waals surface area contributed by atoms with E-state index in [-0.39, 0.29) is 0 Å². The zero-order valence-corrected chi connectivity index (χ0v) is 13.2. The molecule has 0 aliphatic heterocycles. The predicted octanol–water partition coefficient (Wildman–Crippen LogP) is 4.60. The molecule has 3 heteroatoms. The molecule has 2 rings (SSSR count). The van der Waals surface area contributed by atoms with E-state index in [1.165, 1.54) is 5.56 Å². The quantitative estimate of drug-likeness (QED) is 0.544. The van der Waals surface area contributed by atoms with Gasteiger partial charge in [0.1, 0.15) is 0 Å². The first-order valence-corrected chi connectivity index (χ1v) is 7.86. The van der Waals surface area contributed by atoms with Gasteiger partial charge in [0.05, 0.1) is 13.7 Å². The topological polar surface area (TPSA) is 18.5 Å². The Bertz CT molecular complexity index is 504. The van der Waals surface area contributed by atoms with Gasteiger partial charge >= 0.3 is 0 Å². The summed E-state index contributed by atoms with van der Waals surface area (Å²) >= 11 is 3.48. The van der Waals surface area contributed by atoms with Crippen LogP contribution in [0.1, 0.15) is 17.5 Å². The van der Waals surface area contributed by atoms with Crippen LogP contribution in [0.3, 0.4) is 0 Å². The minimum Gasteiger partial charge on any atom is -0.493 e. The Hall–Kier alpha value is -1.48. The molecule has 0 heterocycles. The van der Waals surface area contributed by atoms with Crippen molar-refractivity contribution in [3.63, 3.8) is 0 Å². The van der Waals surface area contributed by atoms with Crippen LogP contribution in [0, 0.1) is 0 Å². The largest absolute Gasteiger partial charge is 0.493 e. The summed E-state index contributed by atoms with van der Waals surface area (Å²) in [4.78, 5) is 0. The minimum atomic E-state index is 0.690. The second kappa shape index (κ2) is 7.95. The fourth-order valence-corrected chi connectivity index (χ4v) is 2.53. The molecular weight excluding hydrogens is 316 g/mol. The van der Waals surface area contributed by atoms with E-state index in [2.05, 4.69) is 40.2 Å². The monoisotopic (exact) mass is 334 g/mol. The van der Waals surface area contributed by atoms with Gasteiger partial charge in [-0.25, -0.2) is 0 Å². The summed E-state index contributed by atoms with van der Waals surface area (Å²) in [5, 5.41) is 0.762. The molecule has 0 N–H and O–H groups in total. The number of hydrogen-bond donors (Lipinski definition) is 0. The molecule has 0 amide bonds. The van der Waals surface area contributed by atoms with Gasteiger partial charge in [0.15, 0.2) is 11.5 Å². The maximum absolute atomic E-state index is 5.92. The highest BCUT2D eigenvalue weighted by atomic mass is 79.9. The highest BCUT2D eigenvalue weighted by Gasteiger charge is 2.09. The molecule has 0 aromatic heterocycles. The van der Waals surface area contributed by atoms with Crippen molar-refractivity contribution in [1.82, 2.24) is 0 Å². The zero-order chi connectivity index (χ0) is 14.2. The van der Waals surface area contributed by atoms with Crippen molar-refractivity contribution in [2.24, 2.45) is 0 Å². The molecule has 0 fully saturated rings. The number of aryl methyl sites for hydroxylation is 1. The molecule has 0 radical (unpaired) electrons. The number of alkyl halides is 1. The second-order valence-corrected chi connectivity index (χ2v) is 5.08. The highest BCUT2D eigenvalue weighted by molar-refractivity contribution is 9.08. The smallest absolute Gasteiger partial charge is 0.165 e. The molecule has 2 nitrogen and oxygen atoms in total. The van der Waals surface area contributed by atoms with Crippen molar-refractivity contribution in [1.29, 1.82) is 0 Å². The van der Waals surface area contributed by atoms with Crippen molar-refractivity contribution >= 4 is 15.9 Å². The zero-order valence-electron chi connectivity index (χ0n) is 11.6. The first-order valence-electron chi connectivity index (χ1n) is 6.73. The Labute approximate surface area is 128 Å². The number of rotatable bonds is 7. The van der Waals surface area contributed by atoms with Gasteiger partial charge in [0, 0.05) is 10.9 Å². The summed E-state index contributed by atoms with van der Waals surface area (Å²) in [5.74, 6) is 1.64. The third-order valence-electron chi connectivity index (χ3n) is 3.12. The Morgan fingerprint density at radius 2 is 1.80 bits per heavy atom. The van der Waals surface area contributed by atoms with E-state index in [0.29, 0.717) is 6.61 Å². The lowest BCUT2D eigenvalue weighted by Crippen LogP contribution is -2.03. The first-order chi connectivity index (χ1) is 9.85. The summed E-state index contributed by atoms with van der Waals surface area (Å²) in [6.07, 6.45) is 2.02. The predicted molar refractivity (Wildman–Crippen MR) is 85.9 cm³/mol. The third kappa shape index (κ3) is 4.01. The molecule has 0 unspecified atom stereocenters. The van der Waals surface area contributed by atoms with E-state index in [1.54, 1.807) is 7.11 Å². The van der Waals surface area contributed by atoms with Gasteiger partial charge in [0.2, 0.25) is 0 Å². The molecule has 20 heavy (non-hydrogen) atoms. The van der Waals surface area contributed by atoms with Crippen molar-refractivity contribution in [3.8, 4) is 11.5 Å². The SMILES string of the molecule is COc1cccc(CBr)c1OCCCc1ccccc1. The van der Waals surface area contributed by atoms with Gasteiger partial charge in [-0.1, -0.05) is 58.4 Å². The van der Waals surface area contributed by atoms with Crippen LogP contribution in [0.5, 0.6) is 11.5 Å². The molecule has 0 aliphatic carbocycles. The maximum Gasteiger partial charge on any atom is 0.165 e. The van der Waals surface area contributed by atoms with Crippen LogP contribution in [0.4, 0.5) is 0 Å². The lowest BCUT2D eigenvalue weighted by atomic mass is 10.1. The number of halogens is 1. The minimum absolute atomic E-state index is 0.690. The summed E-state index contributed by atoms with van der Waals surface area (Å²) in [7, 11) is 1.67. The van der Waals surface area contributed by atoms with E-state index in [1.807, 2.05) is 24.3 Å². The average Bonchev–Trinajstić information content (AvgIpc) is 2.52. The van der Waals surface area contributed by atoms with Crippen LogP contribution in [0.25, 0.3) is 0 Å². The lowest BCUT2D eigenvalue weighted by molar-refractivity contribution is 0.287. The fraction of sp³-hybridized carbons (Fsp3) is 0.294. The summed E-state index contributed by atoms with van der Waals surface area (Å²) < 4.78 is 11.3. The highest BCUT2D eigenvalue weighted by Crippen LogP contribution is 2.32. The Morgan fingerprint density at radius 3 is 2.50 bits per heavy atom. The maximum atomic E-state index is 5.92. The fourth-order valence-electron chi connectivity index (χ4n) is 2.09. The van der Waals surface area contributed by atoms with Gasteiger partial charge in [-0.2, -0.15) is 0 Å². The summed E-state index contributed by atoms with van der Waals surface area (Å²) in [6.45, 7) is 0.690. The van der Waals surface area contributed by atoms with E-state index in [0.717, 1.165) is 35.2 Å². The van der Waals surface area contributed by atoms with Gasteiger partial charge in [-0.05, 0) is 24.5 Å². The molecule has 0 saturated heterocycles. The van der Waals surface area contributed by atoms with Gasteiger partial charge in [-0.3, -0.25) is 0 Å². The van der Waals surface area contributed by atoms with Crippen LogP contribution < -0.4 is 9.47 Å². The number of ether oxygens (including phenoxy) is 2. The number of hydrogen-bond acceptors (Lipinski definition) is 2. The van der Waals surface area contributed by atoms with Crippen LogP contribution in [-0.4, -0.2) is 13.7 Å². The Balaban J connectivity index is 1.90. The molecule has 2 aromatic rings. The lowest BCUT2D eigenvalue weighted by Gasteiger charge is -2.13.